The van der Waals surface area contributed by atoms with Gasteiger partial charge in [-0.3, -0.25) is 29.0 Å². The monoisotopic (exact) mass is 472 g/mol. The highest BCUT2D eigenvalue weighted by molar-refractivity contribution is 5.75. The lowest BCUT2D eigenvalue weighted by Crippen LogP contribution is -2.43. The van der Waals surface area contributed by atoms with Crippen LogP contribution in [0, 0.1) is 0 Å². The molecule has 0 aliphatic carbocycles. The maximum atomic E-state index is 12.4. The van der Waals surface area contributed by atoms with E-state index >= 15 is 0 Å². The van der Waals surface area contributed by atoms with Crippen LogP contribution >= 0.6 is 0 Å². The van der Waals surface area contributed by atoms with Gasteiger partial charge in [-0.25, -0.2) is 0 Å². The van der Waals surface area contributed by atoms with Gasteiger partial charge in [0.2, 0.25) is 0 Å². The average Bonchev–Trinajstić information content (AvgIpc) is 2.80. The standard InChI is InChI=1S/C24H28N2O8/c27-21(28)13-25(14-22(29)30)11-12-26(15-23(31)33-17-19-7-3-1-4-8-19)16-24(32)34-18-20-9-5-2-6-10-20/h1-10H,11-18H2,(H,27,28)(H,29,30). The van der Waals surface area contributed by atoms with Crippen LogP contribution in [0.3, 0.4) is 0 Å². The zero-order chi connectivity index (χ0) is 24.8. The van der Waals surface area contributed by atoms with E-state index in [1.54, 1.807) is 0 Å². The molecule has 2 aromatic carbocycles. The molecule has 0 aromatic heterocycles. The summed E-state index contributed by atoms with van der Waals surface area (Å²) in [4.78, 5) is 49.4. The normalized spacial score (nSPS) is 10.8. The van der Waals surface area contributed by atoms with Crippen LogP contribution in [0.25, 0.3) is 0 Å². The van der Waals surface area contributed by atoms with Gasteiger partial charge in [-0.05, 0) is 11.1 Å². The number of carbonyl (C=O) groups is 4. The Balaban J connectivity index is 1.95. The SMILES string of the molecule is O=C(O)CN(CCN(CC(=O)OCc1ccccc1)CC(=O)OCc1ccccc1)CC(=O)O. The first-order chi connectivity index (χ1) is 16.3. The number of esters is 2. The third kappa shape index (κ3) is 11.2. The molecular formula is C24H28N2O8. The second-order valence-electron chi connectivity index (χ2n) is 7.50. The topological polar surface area (TPSA) is 134 Å². The molecule has 0 saturated heterocycles. The highest BCUT2D eigenvalue weighted by atomic mass is 16.5. The maximum absolute atomic E-state index is 12.4. The van der Waals surface area contributed by atoms with Gasteiger partial charge in [0.15, 0.2) is 0 Å². The number of hydrogen-bond donors (Lipinski definition) is 2. The Morgan fingerprint density at radius 3 is 1.29 bits per heavy atom. The van der Waals surface area contributed by atoms with Crippen molar-refractivity contribution in [3.63, 3.8) is 0 Å². The van der Waals surface area contributed by atoms with Gasteiger partial charge in [0.25, 0.3) is 0 Å². The molecule has 10 nitrogen and oxygen atoms in total. The summed E-state index contributed by atoms with van der Waals surface area (Å²) < 4.78 is 10.5. The number of rotatable bonds is 15. The summed E-state index contributed by atoms with van der Waals surface area (Å²) in [6, 6.07) is 18.2. The van der Waals surface area contributed by atoms with Gasteiger partial charge in [0.1, 0.15) is 13.2 Å². The second-order valence-corrected chi connectivity index (χ2v) is 7.50. The van der Waals surface area contributed by atoms with Crippen LogP contribution in [0.1, 0.15) is 11.1 Å². The van der Waals surface area contributed by atoms with E-state index in [2.05, 4.69) is 0 Å². The predicted molar refractivity (Wildman–Crippen MR) is 121 cm³/mol. The second kappa shape index (κ2) is 14.4. The minimum Gasteiger partial charge on any atom is -0.480 e. The smallest absolute Gasteiger partial charge is 0.320 e. The molecule has 0 unspecified atom stereocenters. The van der Waals surface area contributed by atoms with E-state index in [0.717, 1.165) is 11.1 Å². The summed E-state index contributed by atoms with van der Waals surface area (Å²) in [6.07, 6.45) is 0. The number of nitrogens with zero attached hydrogens (tertiary/aromatic N) is 2. The molecule has 2 aromatic rings. The van der Waals surface area contributed by atoms with E-state index in [0.29, 0.717) is 0 Å². The molecule has 0 heterocycles. The molecule has 182 valence electrons. The summed E-state index contributed by atoms with van der Waals surface area (Å²) >= 11 is 0. The molecule has 0 radical (unpaired) electrons. The van der Waals surface area contributed by atoms with E-state index in [4.69, 9.17) is 19.7 Å². The lowest BCUT2D eigenvalue weighted by Gasteiger charge is -2.24. The van der Waals surface area contributed by atoms with Crippen molar-refractivity contribution < 1.29 is 38.9 Å². The van der Waals surface area contributed by atoms with Gasteiger partial charge < -0.3 is 19.7 Å². The third-order valence-corrected chi connectivity index (χ3v) is 4.64. The predicted octanol–water partition coefficient (Wildman–Crippen LogP) is 1.25. The number of ether oxygens (including phenoxy) is 2. The Morgan fingerprint density at radius 2 is 0.941 bits per heavy atom. The zero-order valence-electron chi connectivity index (χ0n) is 18.7. The molecule has 0 aliphatic rings. The fourth-order valence-electron chi connectivity index (χ4n) is 3.03. The van der Waals surface area contributed by atoms with Crippen molar-refractivity contribution in [1.29, 1.82) is 0 Å². The number of carboxylic acid groups (broad SMARTS) is 2. The molecule has 0 aliphatic heterocycles. The summed E-state index contributed by atoms with van der Waals surface area (Å²) in [6.45, 7) is -1.28. The minimum atomic E-state index is -1.18. The molecular weight excluding hydrogens is 444 g/mol. The Labute approximate surface area is 197 Å². The van der Waals surface area contributed by atoms with Crippen molar-refractivity contribution in [2.75, 3.05) is 39.3 Å². The van der Waals surface area contributed by atoms with E-state index in [1.807, 2.05) is 60.7 Å². The van der Waals surface area contributed by atoms with Crippen molar-refractivity contribution >= 4 is 23.9 Å². The first kappa shape index (κ1) is 26.5. The fourth-order valence-corrected chi connectivity index (χ4v) is 3.03. The molecule has 0 spiro atoms. The average molecular weight is 472 g/mol. The minimum absolute atomic E-state index is 0.0104. The first-order valence-corrected chi connectivity index (χ1v) is 10.6. The molecule has 2 N–H and O–H groups in total. The highest BCUT2D eigenvalue weighted by Crippen LogP contribution is 2.04. The molecule has 0 saturated carbocycles. The zero-order valence-corrected chi connectivity index (χ0v) is 18.7. The van der Waals surface area contributed by atoms with Crippen LogP contribution in [-0.4, -0.2) is 83.2 Å². The quantitative estimate of drug-likeness (QED) is 0.365. The fraction of sp³-hybridized carbons (Fsp3) is 0.333. The van der Waals surface area contributed by atoms with Crippen LogP contribution < -0.4 is 0 Å². The maximum Gasteiger partial charge on any atom is 0.320 e. The van der Waals surface area contributed by atoms with Crippen molar-refractivity contribution in [3.05, 3.63) is 71.8 Å². The Bertz CT molecular complexity index is 863. The van der Waals surface area contributed by atoms with Gasteiger partial charge in [-0.2, -0.15) is 0 Å². The van der Waals surface area contributed by atoms with E-state index in [-0.39, 0.29) is 39.4 Å². The summed E-state index contributed by atoms with van der Waals surface area (Å²) in [5, 5.41) is 18.0. The molecule has 0 bridgehead atoms. The highest BCUT2D eigenvalue weighted by Gasteiger charge is 2.20. The van der Waals surface area contributed by atoms with Gasteiger partial charge in [-0.1, -0.05) is 60.7 Å². The number of carboxylic acids is 2. The third-order valence-electron chi connectivity index (χ3n) is 4.64. The van der Waals surface area contributed by atoms with Gasteiger partial charge in [0, 0.05) is 13.1 Å². The van der Waals surface area contributed by atoms with E-state index in [1.165, 1.54) is 9.80 Å². The van der Waals surface area contributed by atoms with Crippen LogP contribution in [-0.2, 0) is 41.9 Å². The molecule has 10 heteroatoms. The van der Waals surface area contributed by atoms with E-state index in [9.17, 15) is 19.2 Å². The number of benzene rings is 2. The summed E-state index contributed by atoms with van der Waals surface area (Å²) in [5.74, 6) is -3.53. The number of carbonyl (C=O) groups excluding carboxylic acids is 2. The number of aliphatic carboxylic acids is 2. The molecule has 0 amide bonds. The molecule has 0 atom stereocenters. The first-order valence-electron chi connectivity index (χ1n) is 10.6. The van der Waals surface area contributed by atoms with Crippen LogP contribution in [0.4, 0.5) is 0 Å². The summed E-state index contributed by atoms with van der Waals surface area (Å²) in [5.41, 5.74) is 1.61. The Kier molecular flexibility index (Phi) is 11.2. The van der Waals surface area contributed by atoms with E-state index < -0.39 is 37.0 Å². The van der Waals surface area contributed by atoms with Gasteiger partial charge in [-0.15, -0.1) is 0 Å². The Hall–Kier alpha value is -3.76. The Morgan fingerprint density at radius 1 is 0.588 bits per heavy atom. The molecule has 34 heavy (non-hydrogen) atoms. The van der Waals surface area contributed by atoms with Crippen molar-refractivity contribution in [2.24, 2.45) is 0 Å². The summed E-state index contributed by atoms with van der Waals surface area (Å²) in [7, 11) is 0. The lowest BCUT2D eigenvalue weighted by atomic mass is 10.2. The molecule has 2 rings (SSSR count). The number of hydrogen-bond acceptors (Lipinski definition) is 8. The van der Waals surface area contributed by atoms with Crippen molar-refractivity contribution in [1.82, 2.24) is 9.80 Å². The lowest BCUT2D eigenvalue weighted by molar-refractivity contribution is -0.151. The van der Waals surface area contributed by atoms with Crippen LogP contribution in [0.2, 0.25) is 0 Å². The van der Waals surface area contributed by atoms with Gasteiger partial charge in [0.05, 0.1) is 26.2 Å². The van der Waals surface area contributed by atoms with Crippen LogP contribution in [0.15, 0.2) is 60.7 Å². The van der Waals surface area contributed by atoms with Crippen molar-refractivity contribution in [2.45, 2.75) is 13.2 Å². The largest absolute Gasteiger partial charge is 0.480 e. The molecule has 0 fully saturated rings. The van der Waals surface area contributed by atoms with Crippen LogP contribution in [0.5, 0.6) is 0 Å². The van der Waals surface area contributed by atoms with Crippen molar-refractivity contribution in [3.8, 4) is 0 Å². The van der Waals surface area contributed by atoms with Gasteiger partial charge >= 0.3 is 23.9 Å².